The fourth-order valence-corrected chi connectivity index (χ4v) is 23.6. The third-order valence-corrected chi connectivity index (χ3v) is 30.7. The Bertz CT molecular complexity index is 4580. The standard InChI is InChI=1S/C123H168O/c1-9-17-25-33-41-51-81-120(82-52-42-34-26-18-10-2)112-60-50-49-59-104(112)105-74-67-97(89-113(105)120)61-62-98-68-75-106-107-76-69-99(91-115(107)121(114(106)90-98,83-53-43-35-27-19-11-3)84-54-44-36-28-20-12-4)63-64-100-70-77-108-109-78-71-101(93-117(109)122(116(108)92-100,85-55-45-37-29-21-13-5)86-56-46-38-30-22-14-6)65-66-102-72-79-110-111-80-73-103(96-124)95-119(111)123(118(110)94-102,87-57-47-39-31-23-15-7)88-58-48-40-32-24-16-8/h49-50,59-80,89-96H,9-48,51-58,81-88H2,1-8H3/b62-61+,64-63+,66-65+. The van der Waals surface area contributed by atoms with Gasteiger partial charge in [0.15, 0.2) is 0 Å². The first kappa shape index (κ1) is 95.7. The van der Waals surface area contributed by atoms with Crippen molar-refractivity contribution in [2.75, 3.05) is 0 Å². The molecule has 0 heterocycles. The number of unbranched alkanes of at least 4 members (excludes halogenated alkanes) is 40. The van der Waals surface area contributed by atoms with E-state index in [1.165, 1.54) is 436 Å². The maximum atomic E-state index is 12.6. The van der Waals surface area contributed by atoms with E-state index in [0.717, 1.165) is 24.7 Å². The van der Waals surface area contributed by atoms with Crippen molar-refractivity contribution in [1.82, 2.24) is 0 Å². The number of carbonyl (C=O) groups is 1. The van der Waals surface area contributed by atoms with Crippen LogP contribution in [0.4, 0.5) is 0 Å². The van der Waals surface area contributed by atoms with Crippen LogP contribution in [-0.2, 0) is 21.7 Å². The lowest BCUT2D eigenvalue weighted by Gasteiger charge is -2.33. The monoisotopic (exact) mass is 1660 g/mol. The highest BCUT2D eigenvalue weighted by Crippen LogP contribution is 2.60. The van der Waals surface area contributed by atoms with E-state index < -0.39 is 0 Å². The van der Waals surface area contributed by atoms with Crippen molar-refractivity contribution in [2.45, 2.75) is 437 Å². The molecular weight excluding hydrogens is 1490 g/mol. The van der Waals surface area contributed by atoms with Crippen molar-refractivity contribution in [1.29, 1.82) is 0 Å². The summed E-state index contributed by atoms with van der Waals surface area (Å²) >= 11 is 0. The molecule has 1 heteroatoms. The van der Waals surface area contributed by atoms with Crippen molar-refractivity contribution in [2.24, 2.45) is 0 Å². The fraction of sp³-hybridized carbons (Fsp3) is 0.553. The van der Waals surface area contributed by atoms with Gasteiger partial charge in [-0.2, -0.15) is 0 Å². The van der Waals surface area contributed by atoms with Crippen molar-refractivity contribution in [3.05, 3.63) is 235 Å². The molecule has 8 aromatic carbocycles. The van der Waals surface area contributed by atoms with Crippen LogP contribution >= 0.6 is 0 Å². The molecule has 666 valence electrons. The number of rotatable bonds is 63. The number of carbonyl (C=O) groups excluding carboxylic acids is 1. The third-order valence-electron chi connectivity index (χ3n) is 30.7. The normalized spacial score (nSPS) is 14.5. The maximum Gasteiger partial charge on any atom is 0.150 e. The zero-order valence-electron chi connectivity index (χ0n) is 80.0. The van der Waals surface area contributed by atoms with Gasteiger partial charge in [0.1, 0.15) is 6.29 Å². The highest BCUT2D eigenvalue weighted by Gasteiger charge is 2.47. The molecular formula is C123H168O. The van der Waals surface area contributed by atoms with Crippen molar-refractivity contribution < 1.29 is 4.79 Å². The van der Waals surface area contributed by atoms with Gasteiger partial charge in [-0.3, -0.25) is 4.79 Å². The van der Waals surface area contributed by atoms with Gasteiger partial charge in [-0.05, 0) is 180 Å². The number of fused-ring (bicyclic) bond motifs is 12. The van der Waals surface area contributed by atoms with Crippen LogP contribution in [0.5, 0.6) is 0 Å². The molecule has 4 aliphatic rings. The Morgan fingerprint density at radius 2 is 0.323 bits per heavy atom. The summed E-state index contributed by atoms with van der Waals surface area (Å²) in [4.78, 5) is 12.6. The topological polar surface area (TPSA) is 17.1 Å². The summed E-state index contributed by atoms with van der Waals surface area (Å²) < 4.78 is 0. The molecule has 0 saturated heterocycles. The van der Waals surface area contributed by atoms with Gasteiger partial charge in [0.25, 0.3) is 0 Å². The second kappa shape index (κ2) is 50.4. The van der Waals surface area contributed by atoms with Gasteiger partial charge in [0, 0.05) is 27.2 Å². The van der Waals surface area contributed by atoms with Crippen molar-refractivity contribution in [3.8, 4) is 44.5 Å². The van der Waals surface area contributed by atoms with Gasteiger partial charge in [0.05, 0.1) is 0 Å². The van der Waals surface area contributed by atoms with Crippen LogP contribution in [-0.4, -0.2) is 6.29 Å². The predicted molar refractivity (Wildman–Crippen MR) is 547 cm³/mol. The second-order valence-electron chi connectivity index (χ2n) is 39.8. The van der Waals surface area contributed by atoms with Gasteiger partial charge in [0.2, 0.25) is 0 Å². The molecule has 0 radical (unpaired) electrons. The minimum absolute atomic E-state index is 0.0529. The smallest absolute Gasteiger partial charge is 0.150 e. The number of aldehydes is 1. The molecule has 1 nitrogen and oxygen atoms in total. The summed E-state index contributed by atoms with van der Waals surface area (Å²) in [5.41, 5.74) is 32.5. The van der Waals surface area contributed by atoms with Crippen LogP contribution in [0.3, 0.4) is 0 Å². The third kappa shape index (κ3) is 24.1. The Balaban J connectivity index is 0.883. The van der Waals surface area contributed by atoms with E-state index in [-0.39, 0.29) is 21.7 Å². The molecule has 0 spiro atoms. The molecule has 0 unspecified atom stereocenters. The zero-order valence-corrected chi connectivity index (χ0v) is 80.0. The molecule has 0 aromatic heterocycles. The van der Waals surface area contributed by atoms with Crippen molar-refractivity contribution in [3.63, 3.8) is 0 Å². The van der Waals surface area contributed by atoms with Gasteiger partial charge in [-0.1, -0.05) is 546 Å². The molecule has 0 atom stereocenters. The van der Waals surface area contributed by atoms with E-state index in [2.05, 4.69) is 244 Å². The lowest BCUT2D eigenvalue weighted by atomic mass is 9.70. The first-order valence-corrected chi connectivity index (χ1v) is 52.7. The summed E-state index contributed by atoms with van der Waals surface area (Å²) in [6, 6.07) is 62.0. The van der Waals surface area contributed by atoms with Crippen LogP contribution in [0.2, 0.25) is 0 Å². The minimum Gasteiger partial charge on any atom is -0.298 e. The van der Waals surface area contributed by atoms with Crippen molar-refractivity contribution >= 4 is 42.7 Å². The largest absolute Gasteiger partial charge is 0.298 e. The molecule has 8 aromatic rings. The van der Waals surface area contributed by atoms with E-state index in [0.29, 0.717) is 0 Å². The highest BCUT2D eigenvalue weighted by molar-refractivity contribution is 5.90. The minimum atomic E-state index is -0.0966. The second-order valence-corrected chi connectivity index (χ2v) is 39.8. The lowest BCUT2D eigenvalue weighted by Crippen LogP contribution is -2.26. The van der Waals surface area contributed by atoms with E-state index in [1.807, 2.05) is 0 Å². The van der Waals surface area contributed by atoms with Crippen LogP contribution in [0, 0.1) is 0 Å². The SMILES string of the molecule is CCCCCCCCC1(CCCCCCCC)c2ccccc2-c2ccc(/C=C/c3ccc4c(c3)C(CCCCCCCC)(CCCCCCCC)c3cc(/C=C/c5ccc6c(c5)C(CCCCCCCC)(CCCCCCCC)c5cc(/C=C/c7ccc8c(c7)C(CCCCCCCC)(CCCCCCCC)c7cc(C=O)ccc7-8)ccc5-6)ccc3-4)cc21. The first-order valence-electron chi connectivity index (χ1n) is 52.7. The summed E-state index contributed by atoms with van der Waals surface area (Å²) in [6.45, 7) is 18.8. The van der Waals surface area contributed by atoms with Gasteiger partial charge in [-0.25, -0.2) is 0 Å². The first-order chi connectivity index (χ1) is 61.1. The summed E-state index contributed by atoms with van der Waals surface area (Å²) in [5.74, 6) is 0. The average Bonchev–Trinajstić information content (AvgIpc) is 1.59. The molecule has 0 aliphatic heterocycles. The number of benzene rings is 8. The zero-order chi connectivity index (χ0) is 86.5. The van der Waals surface area contributed by atoms with Crippen LogP contribution in [0.25, 0.3) is 81.0 Å². The Hall–Kier alpha value is -7.35. The number of hydrogen-bond donors (Lipinski definition) is 0. The quantitative estimate of drug-likeness (QED) is 0.0211. The molecule has 0 saturated carbocycles. The van der Waals surface area contributed by atoms with Crippen LogP contribution < -0.4 is 0 Å². The molecule has 124 heavy (non-hydrogen) atoms. The van der Waals surface area contributed by atoms with Crippen LogP contribution in [0.15, 0.2) is 152 Å². The molecule has 0 N–H and O–H groups in total. The van der Waals surface area contributed by atoms with Gasteiger partial charge < -0.3 is 0 Å². The van der Waals surface area contributed by atoms with Gasteiger partial charge in [-0.15, -0.1) is 0 Å². The average molecular weight is 1660 g/mol. The summed E-state index contributed by atoms with van der Waals surface area (Å²) in [7, 11) is 0. The van der Waals surface area contributed by atoms with E-state index >= 15 is 0 Å². The lowest BCUT2D eigenvalue weighted by molar-refractivity contribution is 0.112. The van der Waals surface area contributed by atoms with E-state index in [4.69, 9.17) is 0 Å². The molecule has 12 rings (SSSR count). The fourth-order valence-electron chi connectivity index (χ4n) is 23.6. The summed E-state index contributed by atoms with van der Waals surface area (Å²) in [6.07, 6.45) is 88.4. The Labute approximate surface area is 758 Å². The summed E-state index contributed by atoms with van der Waals surface area (Å²) in [5, 5.41) is 0. The van der Waals surface area contributed by atoms with E-state index in [9.17, 15) is 4.79 Å². The van der Waals surface area contributed by atoms with Gasteiger partial charge >= 0.3 is 0 Å². The predicted octanol–water partition coefficient (Wildman–Crippen LogP) is 39.1. The van der Waals surface area contributed by atoms with Crippen LogP contribution in [0.1, 0.15) is 503 Å². The van der Waals surface area contributed by atoms with E-state index in [1.54, 1.807) is 33.4 Å². The molecule has 0 amide bonds. The Morgan fingerprint density at radius 3 is 0.516 bits per heavy atom. The molecule has 0 bridgehead atoms. The molecule has 4 aliphatic carbocycles. The Kier molecular flexibility index (Phi) is 38.9. The highest BCUT2D eigenvalue weighted by atomic mass is 16.1. The Morgan fingerprint density at radius 1 is 0.169 bits per heavy atom. The number of hydrogen-bond acceptors (Lipinski definition) is 1. The molecule has 0 fully saturated rings. The maximum absolute atomic E-state index is 12.6.